The van der Waals surface area contributed by atoms with Gasteiger partial charge in [-0.2, -0.15) is 0 Å². The van der Waals surface area contributed by atoms with Gasteiger partial charge in [0.2, 0.25) is 0 Å². The minimum atomic E-state index is -0.744. The zero-order valence-corrected chi connectivity index (χ0v) is 20.0. The molecule has 1 N–H and O–H groups in total. The summed E-state index contributed by atoms with van der Waals surface area (Å²) in [5.41, 5.74) is 3.36. The molecular weight excluding hydrogens is 452 g/mol. The van der Waals surface area contributed by atoms with Gasteiger partial charge >= 0.3 is 0 Å². The lowest BCUT2D eigenvalue weighted by molar-refractivity contribution is 0.101. The Morgan fingerprint density at radius 3 is 2.50 bits per heavy atom. The second-order valence-corrected chi connectivity index (χ2v) is 8.60. The Morgan fingerprint density at radius 2 is 1.79 bits per heavy atom. The van der Waals surface area contributed by atoms with Crippen LogP contribution in [0, 0.1) is 0 Å². The molecule has 0 amide bonds. The Morgan fingerprint density at radius 1 is 1.03 bits per heavy atom. The lowest BCUT2D eigenvalue weighted by atomic mass is 10.1. The molecule has 0 spiro atoms. The van der Waals surface area contributed by atoms with Crippen molar-refractivity contribution in [3.63, 3.8) is 0 Å². The van der Waals surface area contributed by atoms with E-state index in [0.717, 1.165) is 27.6 Å². The number of hydrogen-bond acceptors (Lipinski definition) is 7. The summed E-state index contributed by atoms with van der Waals surface area (Å²) in [5, 5.41) is 11.4. The number of carbonyl (C=O) groups is 1. The van der Waals surface area contributed by atoms with Crippen LogP contribution in [-0.4, -0.2) is 53.1 Å². The van der Waals surface area contributed by atoms with Gasteiger partial charge in [-0.1, -0.05) is 23.9 Å². The van der Waals surface area contributed by atoms with Gasteiger partial charge in [0, 0.05) is 17.0 Å². The van der Waals surface area contributed by atoms with Gasteiger partial charge in [-0.25, -0.2) is 4.98 Å². The monoisotopic (exact) mass is 478 g/mol. The number of ether oxygens (including phenoxy) is 3. The maximum Gasteiger partial charge on any atom is 0.173 e. The van der Waals surface area contributed by atoms with E-state index in [1.807, 2.05) is 48.5 Å². The van der Waals surface area contributed by atoms with Crippen LogP contribution in [0.15, 0.2) is 71.9 Å². The molecule has 0 fully saturated rings. The molecular formula is C26H26N2O5S. The summed E-state index contributed by atoms with van der Waals surface area (Å²) in [6.07, 6.45) is -0.744. The predicted octanol–water partition coefficient (Wildman–Crippen LogP) is 4.78. The van der Waals surface area contributed by atoms with Crippen LogP contribution in [-0.2, 0) is 0 Å². The molecule has 1 unspecified atom stereocenters. The highest BCUT2D eigenvalue weighted by Crippen LogP contribution is 2.31. The number of methoxy groups -OCH3 is 2. The molecule has 1 atom stereocenters. The van der Waals surface area contributed by atoms with Gasteiger partial charge in [-0.15, -0.1) is 0 Å². The largest absolute Gasteiger partial charge is 0.497 e. The third-order valence-electron chi connectivity index (χ3n) is 5.27. The van der Waals surface area contributed by atoms with E-state index in [9.17, 15) is 9.90 Å². The Hall–Kier alpha value is -3.49. The van der Waals surface area contributed by atoms with E-state index in [1.54, 1.807) is 25.3 Å². The Labute approximate surface area is 202 Å². The van der Waals surface area contributed by atoms with Crippen molar-refractivity contribution in [1.82, 2.24) is 9.55 Å². The van der Waals surface area contributed by atoms with Crippen LogP contribution in [0.25, 0.3) is 16.7 Å². The van der Waals surface area contributed by atoms with Crippen LogP contribution in [0.3, 0.4) is 0 Å². The number of hydrogen-bond donors (Lipinski definition) is 1. The van der Waals surface area contributed by atoms with Crippen molar-refractivity contribution in [1.29, 1.82) is 0 Å². The molecule has 0 saturated heterocycles. The number of nitrogens with zero attached hydrogens (tertiary/aromatic N) is 2. The van der Waals surface area contributed by atoms with Crippen molar-refractivity contribution in [2.45, 2.75) is 18.2 Å². The average Bonchev–Trinajstić information content (AvgIpc) is 3.24. The van der Waals surface area contributed by atoms with Crippen LogP contribution in [0.5, 0.6) is 17.2 Å². The lowest BCUT2D eigenvalue weighted by Gasteiger charge is -2.15. The molecule has 176 valence electrons. The highest BCUT2D eigenvalue weighted by Gasteiger charge is 2.16. The van der Waals surface area contributed by atoms with Crippen LogP contribution < -0.4 is 14.2 Å². The summed E-state index contributed by atoms with van der Waals surface area (Å²) in [6, 6.07) is 20.7. The minimum absolute atomic E-state index is 0.0546. The number of rotatable bonds is 10. The fourth-order valence-corrected chi connectivity index (χ4v) is 4.43. The summed E-state index contributed by atoms with van der Waals surface area (Å²) in [7, 11) is 3.15. The normalized spacial score (nSPS) is 11.9. The fraction of sp³-hybridized carbons (Fsp3) is 0.231. The van der Waals surface area contributed by atoms with Crippen LogP contribution in [0.1, 0.15) is 17.3 Å². The number of aliphatic hydroxyl groups is 1. The van der Waals surface area contributed by atoms with Crippen molar-refractivity contribution in [3.8, 4) is 22.9 Å². The molecule has 0 aliphatic heterocycles. The molecule has 0 saturated carbocycles. The highest BCUT2D eigenvalue weighted by molar-refractivity contribution is 7.99. The zero-order valence-electron chi connectivity index (χ0n) is 19.2. The average molecular weight is 479 g/mol. The Bertz CT molecular complexity index is 1290. The highest BCUT2D eigenvalue weighted by atomic mass is 32.2. The molecule has 1 aromatic heterocycles. The van der Waals surface area contributed by atoms with E-state index in [-0.39, 0.29) is 12.4 Å². The maximum atomic E-state index is 11.6. The van der Waals surface area contributed by atoms with Gasteiger partial charge in [-0.05, 0) is 61.5 Å². The van der Waals surface area contributed by atoms with Crippen LogP contribution in [0.4, 0.5) is 0 Å². The zero-order chi connectivity index (χ0) is 24.1. The van der Waals surface area contributed by atoms with Crippen molar-refractivity contribution < 1.29 is 24.1 Å². The number of ketones is 1. The number of benzene rings is 3. The number of aliphatic hydroxyl groups excluding tert-OH is 1. The molecule has 7 nitrogen and oxygen atoms in total. The number of imidazole rings is 1. The SMILES string of the molecule is COc1ccc(-n2c(SCC(O)COc3ccc(C(C)=O)cc3OC)nc3ccccc32)cc1. The Kier molecular flexibility index (Phi) is 7.40. The maximum absolute atomic E-state index is 11.6. The molecule has 0 aliphatic rings. The number of thioether (sulfide) groups is 1. The fourth-order valence-electron chi connectivity index (χ4n) is 3.49. The van der Waals surface area contributed by atoms with Crippen LogP contribution in [0.2, 0.25) is 0 Å². The smallest absolute Gasteiger partial charge is 0.173 e. The summed E-state index contributed by atoms with van der Waals surface area (Å²) in [5.74, 6) is 2.03. The first-order valence-electron chi connectivity index (χ1n) is 10.7. The van der Waals surface area contributed by atoms with E-state index in [2.05, 4.69) is 4.57 Å². The van der Waals surface area contributed by atoms with E-state index in [4.69, 9.17) is 19.2 Å². The molecule has 3 aromatic carbocycles. The first-order chi connectivity index (χ1) is 16.5. The number of para-hydroxylation sites is 2. The first-order valence-corrected chi connectivity index (χ1v) is 11.7. The number of carbonyl (C=O) groups excluding carboxylic acids is 1. The summed E-state index contributed by atoms with van der Waals surface area (Å²) in [6.45, 7) is 1.57. The number of fused-ring (bicyclic) bond motifs is 1. The van der Waals surface area contributed by atoms with Crippen molar-refractivity contribution in [3.05, 3.63) is 72.3 Å². The van der Waals surface area contributed by atoms with Gasteiger partial charge < -0.3 is 19.3 Å². The van der Waals surface area contributed by atoms with Gasteiger partial charge in [0.25, 0.3) is 0 Å². The third-order valence-corrected chi connectivity index (χ3v) is 6.35. The van der Waals surface area contributed by atoms with Crippen molar-refractivity contribution in [2.24, 2.45) is 0 Å². The molecule has 4 rings (SSSR count). The molecule has 0 aliphatic carbocycles. The second kappa shape index (κ2) is 10.6. The van der Waals surface area contributed by atoms with Crippen molar-refractivity contribution in [2.75, 3.05) is 26.6 Å². The van der Waals surface area contributed by atoms with Gasteiger partial charge in [0.1, 0.15) is 12.4 Å². The number of aromatic nitrogens is 2. The molecule has 4 aromatic rings. The summed E-state index contributed by atoms with van der Waals surface area (Å²) < 4.78 is 18.4. The van der Waals surface area contributed by atoms with E-state index >= 15 is 0 Å². The Balaban J connectivity index is 1.48. The van der Waals surface area contributed by atoms with E-state index < -0.39 is 6.10 Å². The minimum Gasteiger partial charge on any atom is -0.497 e. The van der Waals surface area contributed by atoms with Gasteiger partial charge in [0.05, 0.1) is 31.4 Å². The summed E-state index contributed by atoms with van der Waals surface area (Å²) >= 11 is 1.45. The van der Waals surface area contributed by atoms with Crippen molar-refractivity contribution >= 4 is 28.6 Å². The molecule has 1 heterocycles. The number of Topliss-reactive ketones (excluding diaryl/α,β-unsaturated/α-hetero) is 1. The lowest BCUT2D eigenvalue weighted by Crippen LogP contribution is -2.20. The quantitative estimate of drug-likeness (QED) is 0.259. The molecule has 0 radical (unpaired) electrons. The third kappa shape index (κ3) is 5.18. The first kappa shape index (κ1) is 23.7. The molecule has 0 bridgehead atoms. The predicted molar refractivity (Wildman–Crippen MR) is 133 cm³/mol. The molecule has 34 heavy (non-hydrogen) atoms. The standard InChI is InChI=1S/C26H26N2O5S/c1-17(29)18-8-13-24(25(14-18)32-3)33-15-20(30)16-34-26-27-22-6-4-5-7-23(22)28(26)19-9-11-21(31-2)12-10-19/h4-14,20,30H,15-16H2,1-3H3. The molecule has 8 heteroatoms. The second-order valence-electron chi connectivity index (χ2n) is 7.61. The van der Waals surface area contributed by atoms with Gasteiger partial charge in [0.15, 0.2) is 22.4 Å². The topological polar surface area (TPSA) is 82.8 Å². The summed E-state index contributed by atoms with van der Waals surface area (Å²) in [4.78, 5) is 16.4. The van der Waals surface area contributed by atoms with E-state index in [0.29, 0.717) is 22.8 Å². The van der Waals surface area contributed by atoms with Crippen LogP contribution >= 0.6 is 11.8 Å². The van der Waals surface area contributed by atoms with E-state index in [1.165, 1.54) is 25.8 Å². The van der Waals surface area contributed by atoms with Gasteiger partial charge in [-0.3, -0.25) is 9.36 Å².